The second-order valence-electron chi connectivity index (χ2n) is 5.61. The van der Waals surface area contributed by atoms with Crippen LogP contribution in [0.3, 0.4) is 0 Å². The molecule has 134 valence electrons. The van der Waals surface area contributed by atoms with Crippen LogP contribution in [0, 0.1) is 0 Å². The molecular formula is C17H21N3O4S. The van der Waals surface area contributed by atoms with Crippen molar-refractivity contribution in [1.82, 2.24) is 9.36 Å². The van der Waals surface area contributed by atoms with Gasteiger partial charge >= 0.3 is 5.97 Å². The average Bonchev–Trinajstić information content (AvgIpc) is 3.14. The van der Waals surface area contributed by atoms with Gasteiger partial charge in [-0.2, -0.15) is 4.37 Å². The van der Waals surface area contributed by atoms with Crippen molar-refractivity contribution >= 4 is 22.6 Å². The number of hydrogen-bond donors (Lipinski definition) is 1. The fourth-order valence-electron chi connectivity index (χ4n) is 2.52. The molecule has 0 spiro atoms. The van der Waals surface area contributed by atoms with Crippen LogP contribution in [-0.4, -0.2) is 41.9 Å². The summed E-state index contributed by atoms with van der Waals surface area (Å²) in [5.74, 6) is 0.195. The Kier molecular flexibility index (Phi) is 6.32. The van der Waals surface area contributed by atoms with E-state index in [-0.39, 0.29) is 18.8 Å². The maximum atomic E-state index is 11.2. The zero-order valence-electron chi connectivity index (χ0n) is 14.0. The third kappa shape index (κ3) is 4.97. The molecule has 2 unspecified atom stereocenters. The van der Waals surface area contributed by atoms with E-state index in [1.807, 2.05) is 30.3 Å². The fourth-order valence-corrected chi connectivity index (χ4v) is 3.11. The molecule has 0 radical (unpaired) electrons. The molecule has 3 rings (SSSR count). The minimum Gasteiger partial charge on any atom is -0.468 e. The molecule has 2 aromatic rings. The number of carbonyl (C=O) groups is 1. The first-order valence-corrected chi connectivity index (χ1v) is 9.00. The largest absolute Gasteiger partial charge is 0.468 e. The number of hydrogen-bond acceptors (Lipinski definition) is 8. The maximum absolute atomic E-state index is 11.2. The molecular weight excluding hydrogens is 342 g/mol. The highest BCUT2D eigenvalue weighted by molar-refractivity contribution is 7.09. The average molecular weight is 363 g/mol. The molecule has 8 heteroatoms. The maximum Gasteiger partial charge on any atom is 0.325 e. The summed E-state index contributed by atoms with van der Waals surface area (Å²) < 4.78 is 20.9. The van der Waals surface area contributed by atoms with Crippen molar-refractivity contribution in [3.05, 3.63) is 41.7 Å². The Balaban J connectivity index is 1.74. The molecule has 0 amide bonds. The molecule has 1 aromatic carbocycles. The van der Waals surface area contributed by atoms with E-state index in [0.717, 1.165) is 24.8 Å². The van der Waals surface area contributed by atoms with E-state index in [1.165, 1.54) is 18.6 Å². The smallest absolute Gasteiger partial charge is 0.325 e. The Morgan fingerprint density at radius 3 is 2.96 bits per heavy atom. The topological polar surface area (TPSA) is 82.6 Å². The van der Waals surface area contributed by atoms with E-state index in [1.54, 1.807) is 0 Å². The normalized spacial score (nSPS) is 18.5. The third-order valence-corrected chi connectivity index (χ3v) is 4.50. The first-order chi connectivity index (χ1) is 12.3. The van der Waals surface area contributed by atoms with Crippen LogP contribution in [0.25, 0.3) is 0 Å². The molecule has 1 aliphatic rings. The van der Waals surface area contributed by atoms with Gasteiger partial charge in [0, 0.05) is 18.1 Å². The van der Waals surface area contributed by atoms with Gasteiger partial charge in [-0.3, -0.25) is 4.79 Å². The van der Waals surface area contributed by atoms with Crippen LogP contribution in [0.15, 0.2) is 30.3 Å². The fraction of sp³-hybridized carbons (Fsp3) is 0.471. The summed E-state index contributed by atoms with van der Waals surface area (Å²) >= 11 is 1.19. The Hall–Kier alpha value is -2.03. The van der Waals surface area contributed by atoms with Crippen molar-refractivity contribution in [3.8, 4) is 0 Å². The van der Waals surface area contributed by atoms with Crippen molar-refractivity contribution < 1.29 is 19.0 Å². The van der Waals surface area contributed by atoms with Gasteiger partial charge in [-0.05, 0) is 24.8 Å². The molecule has 1 aromatic heterocycles. The molecule has 1 N–H and O–H groups in total. The van der Waals surface area contributed by atoms with E-state index in [0.29, 0.717) is 17.6 Å². The summed E-state index contributed by atoms with van der Waals surface area (Å²) in [5.41, 5.74) is 0.967. The van der Waals surface area contributed by atoms with E-state index < -0.39 is 6.10 Å². The SMILES string of the molecule is COC(=O)CNc1nc(C(OC2CCCCO2)c2ccccc2)ns1. The molecule has 0 aliphatic carbocycles. The number of aromatic nitrogens is 2. The minimum atomic E-state index is -0.408. The summed E-state index contributed by atoms with van der Waals surface area (Å²) in [5, 5.41) is 3.46. The lowest BCUT2D eigenvalue weighted by Crippen LogP contribution is -2.25. The number of anilines is 1. The minimum absolute atomic E-state index is 0.0493. The van der Waals surface area contributed by atoms with Crippen LogP contribution < -0.4 is 5.32 Å². The predicted octanol–water partition coefficient (Wildman–Crippen LogP) is 2.76. The first kappa shape index (κ1) is 17.8. The number of methoxy groups -OCH3 is 1. The second-order valence-corrected chi connectivity index (χ2v) is 6.36. The quantitative estimate of drug-likeness (QED) is 0.757. The lowest BCUT2D eigenvalue weighted by atomic mass is 10.1. The van der Waals surface area contributed by atoms with Gasteiger partial charge in [0.2, 0.25) is 5.13 Å². The molecule has 1 fully saturated rings. The van der Waals surface area contributed by atoms with Crippen LogP contribution in [0.4, 0.5) is 5.13 Å². The summed E-state index contributed by atoms with van der Waals surface area (Å²) in [6, 6.07) is 9.83. The molecule has 7 nitrogen and oxygen atoms in total. The monoisotopic (exact) mass is 363 g/mol. The Morgan fingerprint density at radius 2 is 2.24 bits per heavy atom. The number of ether oxygens (including phenoxy) is 3. The van der Waals surface area contributed by atoms with E-state index in [4.69, 9.17) is 9.47 Å². The van der Waals surface area contributed by atoms with E-state index in [2.05, 4.69) is 19.4 Å². The van der Waals surface area contributed by atoms with Gasteiger partial charge in [-0.25, -0.2) is 4.98 Å². The van der Waals surface area contributed by atoms with Crippen LogP contribution in [-0.2, 0) is 19.0 Å². The van der Waals surface area contributed by atoms with Crippen LogP contribution >= 0.6 is 11.5 Å². The summed E-state index contributed by atoms with van der Waals surface area (Å²) in [6.07, 6.45) is 2.35. The Morgan fingerprint density at radius 1 is 1.40 bits per heavy atom. The van der Waals surface area contributed by atoms with Gasteiger partial charge < -0.3 is 19.5 Å². The summed E-state index contributed by atoms with van der Waals surface area (Å²) in [7, 11) is 1.35. The highest BCUT2D eigenvalue weighted by Crippen LogP contribution is 2.30. The van der Waals surface area contributed by atoms with Gasteiger partial charge in [-0.1, -0.05) is 30.3 Å². The molecule has 25 heavy (non-hydrogen) atoms. The Bertz CT molecular complexity index is 674. The lowest BCUT2D eigenvalue weighted by Gasteiger charge is -2.26. The van der Waals surface area contributed by atoms with Crippen molar-refractivity contribution in [3.63, 3.8) is 0 Å². The van der Waals surface area contributed by atoms with Crippen LogP contribution in [0.2, 0.25) is 0 Å². The van der Waals surface area contributed by atoms with Crippen molar-refractivity contribution in [2.75, 3.05) is 25.6 Å². The highest BCUT2D eigenvalue weighted by Gasteiger charge is 2.26. The van der Waals surface area contributed by atoms with Gasteiger partial charge in [-0.15, -0.1) is 0 Å². The lowest BCUT2D eigenvalue weighted by molar-refractivity contribution is -0.182. The number of esters is 1. The molecule has 2 atom stereocenters. The number of carbonyl (C=O) groups excluding carboxylic acids is 1. The third-order valence-electron chi connectivity index (χ3n) is 3.82. The molecule has 2 heterocycles. The van der Waals surface area contributed by atoms with Crippen LogP contribution in [0.1, 0.15) is 36.8 Å². The summed E-state index contributed by atoms with van der Waals surface area (Å²) in [4.78, 5) is 15.7. The first-order valence-electron chi connectivity index (χ1n) is 8.22. The zero-order chi connectivity index (χ0) is 17.5. The van der Waals surface area contributed by atoms with E-state index in [9.17, 15) is 4.79 Å². The molecule has 0 bridgehead atoms. The number of nitrogens with one attached hydrogen (secondary N) is 1. The second kappa shape index (κ2) is 8.89. The van der Waals surface area contributed by atoms with Crippen molar-refractivity contribution in [2.24, 2.45) is 0 Å². The molecule has 0 saturated carbocycles. The van der Waals surface area contributed by atoms with Gasteiger partial charge in [0.25, 0.3) is 0 Å². The van der Waals surface area contributed by atoms with Crippen LogP contribution in [0.5, 0.6) is 0 Å². The molecule has 1 saturated heterocycles. The predicted molar refractivity (Wildman–Crippen MR) is 93.4 cm³/mol. The number of benzene rings is 1. The number of rotatable bonds is 7. The van der Waals surface area contributed by atoms with Crippen molar-refractivity contribution in [1.29, 1.82) is 0 Å². The van der Waals surface area contributed by atoms with Gasteiger partial charge in [0.15, 0.2) is 12.1 Å². The highest BCUT2D eigenvalue weighted by atomic mass is 32.1. The van der Waals surface area contributed by atoms with E-state index >= 15 is 0 Å². The molecule has 1 aliphatic heterocycles. The Labute approximate surface area is 150 Å². The zero-order valence-corrected chi connectivity index (χ0v) is 14.8. The van der Waals surface area contributed by atoms with Gasteiger partial charge in [0.05, 0.1) is 7.11 Å². The standard InChI is InChI=1S/C17H21N3O4S/c1-22-13(21)11-18-17-19-16(20-25-17)15(12-7-3-2-4-8-12)24-14-9-5-6-10-23-14/h2-4,7-8,14-15H,5-6,9-11H2,1H3,(H,18,19,20). The summed E-state index contributed by atoms with van der Waals surface area (Å²) in [6.45, 7) is 0.760. The number of nitrogens with zero attached hydrogens (tertiary/aromatic N) is 2. The van der Waals surface area contributed by atoms with Crippen molar-refractivity contribution in [2.45, 2.75) is 31.7 Å². The van der Waals surface area contributed by atoms with Gasteiger partial charge in [0.1, 0.15) is 12.6 Å².